The molecule has 90 valence electrons. The van der Waals surface area contributed by atoms with Crippen molar-refractivity contribution in [3.63, 3.8) is 0 Å². The van der Waals surface area contributed by atoms with E-state index >= 15 is 0 Å². The molecule has 0 saturated heterocycles. The summed E-state index contributed by atoms with van der Waals surface area (Å²) in [6, 6.07) is 3.81. The Bertz CT molecular complexity index is 355. The molecule has 0 aliphatic rings. The van der Waals surface area contributed by atoms with E-state index in [1.165, 1.54) is 0 Å². The lowest BCUT2D eigenvalue weighted by Gasteiger charge is -2.15. The molecule has 1 aromatic rings. The minimum atomic E-state index is 0.0593. The summed E-state index contributed by atoms with van der Waals surface area (Å²) in [5, 5.41) is 12.8. The molecule has 0 aromatic heterocycles. The first-order valence-electron chi connectivity index (χ1n) is 5.25. The number of benzene rings is 1. The third-order valence-electron chi connectivity index (χ3n) is 2.44. The lowest BCUT2D eigenvalue weighted by molar-refractivity contribution is 0.250. The number of rotatable bonds is 5. The van der Waals surface area contributed by atoms with E-state index in [4.69, 9.17) is 21.4 Å². The van der Waals surface area contributed by atoms with E-state index in [1.807, 2.05) is 26.0 Å². The first-order valence-corrected chi connectivity index (χ1v) is 5.63. The fraction of sp³-hybridized carbons (Fsp3) is 0.500. The summed E-state index contributed by atoms with van der Waals surface area (Å²) >= 11 is 6.00. The van der Waals surface area contributed by atoms with Gasteiger partial charge in [-0.25, -0.2) is 0 Å². The minimum Gasteiger partial charge on any atom is -0.496 e. The molecule has 0 spiro atoms. The summed E-state index contributed by atoms with van der Waals surface area (Å²) in [5.74, 6) is 0.849. The van der Waals surface area contributed by atoms with Crippen LogP contribution in [0.4, 0.5) is 0 Å². The Hall–Kier alpha value is -0.770. The average Bonchev–Trinajstić information content (AvgIpc) is 2.25. The van der Waals surface area contributed by atoms with Gasteiger partial charge in [0.1, 0.15) is 5.75 Å². The maximum absolute atomic E-state index is 8.93. The average molecular weight is 244 g/mol. The van der Waals surface area contributed by atoms with Crippen LogP contribution in [0.25, 0.3) is 0 Å². The highest BCUT2D eigenvalue weighted by atomic mass is 35.5. The van der Waals surface area contributed by atoms with Crippen LogP contribution < -0.4 is 10.1 Å². The second-order valence-electron chi connectivity index (χ2n) is 3.88. The molecule has 4 heteroatoms. The molecule has 0 fully saturated rings. The van der Waals surface area contributed by atoms with Crippen LogP contribution in [0.5, 0.6) is 5.75 Å². The van der Waals surface area contributed by atoms with Crippen LogP contribution in [0.2, 0.25) is 5.02 Å². The molecule has 1 rings (SSSR count). The number of aryl methyl sites for hydroxylation is 1. The van der Waals surface area contributed by atoms with Crippen molar-refractivity contribution in [1.82, 2.24) is 5.32 Å². The SMILES string of the molecule is COc1c(C)cc(Cl)cc1CNC(C)CO. The summed E-state index contributed by atoms with van der Waals surface area (Å²) in [4.78, 5) is 0. The largest absolute Gasteiger partial charge is 0.496 e. The van der Waals surface area contributed by atoms with Crippen LogP contribution in [0.3, 0.4) is 0 Å². The molecule has 0 saturated carbocycles. The van der Waals surface area contributed by atoms with E-state index in [2.05, 4.69) is 5.32 Å². The van der Waals surface area contributed by atoms with E-state index < -0.39 is 0 Å². The Morgan fingerprint density at radius 1 is 1.50 bits per heavy atom. The first kappa shape index (κ1) is 13.3. The number of methoxy groups -OCH3 is 1. The van der Waals surface area contributed by atoms with Crippen LogP contribution in [0.15, 0.2) is 12.1 Å². The smallest absolute Gasteiger partial charge is 0.126 e. The molecule has 1 unspecified atom stereocenters. The highest BCUT2D eigenvalue weighted by molar-refractivity contribution is 6.30. The van der Waals surface area contributed by atoms with Crippen molar-refractivity contribution in [3.05, 3.63) is 28.3 Å². The molecule has 1 atom stereocenters. The molecule has 0 aliphatic heterocycles. The van der Waals surface area contributed by atoms with Crippen molar-refractivity contribution < 1.29 is 9.84 Å². The van der Waals surface area contributed by atoms with Crippen molar-refractivity contribution >= 4 is 11.6 Å². The zero-order chi connectivity index (χ0) is 12.1. The number of aliphatic hydroxyl groups excluding tert-OH is 1. The van der Waals surface area contributed by atoms with Gasteiger partial charge in [-0.15, -0.1) is 0 Å². The Morgan fingerprint density at radius 2 is 2.19 bits per heavy atom. The highest BCUT2D eigenvalue weighted by Gasteiger charge is 2.09. The molecular weight excluding hydrogens is 226 g/mol. The molecule has 1 aromatic carbocycles. The van der Waals surface area contributed by atoms with E-state index in [0.29, 0.717) is 11.6 Å². The van der Waals surface area contributed by atoms with Crippen molar-refractivity contribution in [3.8, 4) is 5.75 Å². The van der Waals surface area contributed by atoms with Gasteiger partial charge in [-0.05, 0) is 31.5 Å². The van der Waals surface area contributed by atoms with Gasteiger partial charge in [0.25, 0.3) is 0 Å². The molecular formula is C12H18ClNO2. The summed E-state index contributed by atoms with van der Waals surface area (Å²) in [6.07, 6.45) is 0. The molecule has 0 radical (unpaired) electrons. The van der Waals surface area contributed by atoms with Crippen LogP contribution in [0.1, 0.15) is 18.1 Å². The number of nitrogens with one attached hydrogen (secondary N) is 1. The fourth-order valence-corrected chi connectivity index (χ4v) is 1.87. The molecule has 0 aliphatic carbocycles. The van der Waals surface area contributed by atoms with Crippen molar-refractivity contribution in [2.24, 2.45) is 0 Å². The van der Waals surface area contributed by atoms with Gasteiger partial charge in [-0.1, -0.05) is 11.6 Å². The molecule has 16 heavy (non-hydrogen) atoms. The van der Waals surface area contributed by atoms with Gasteiger partial charge in [0.15, 0.2) is 0 Å². The number of hydrogen-bond acceptors (Lipinski definition) is 3. The summed E-state index contributed by atoms with van der Waals surface area (Å²) < 4.78 is 5.34. The molecule has 0 bridgehead atoms. The van der Waals surface area contributed by atoms with Crippen LogP contribution in [-0.2, 0) is 6.54 Å². The second kappa shape index (κ2) is 6.09. The minimum absolute atomic E-state index is 0.0593. The van der Waals surface area contributed by atoms with E-state index in [1.54, 1.807) is 7.11 Å². The quantitative estimate of drug-likeness (QED) is 0.833. The summed E-state index contributed by atoms with van der Waals surface area (Å²) in [7, 11) is 1.65. The monoisotopic (exact) mass is 243 g/mol. The van der Waals surface area contributed by atoms with Crippen LogP contribution in [0, 0.1) is 6.92 Å². The predicted molar refractivity (Wildman–Crippen MR) is 66.1 cm³/mol. The number of ether oxygens (including phenoxy) is 1. The second-order valence-corrected chi connectivity index (χ2v) is 4.32. The van der Waals surface area contributed by atoms with Gasteiger partial charge < -0.3 is 15.2 Å². The molecule has 0 heterocycles. The Labute approximate surface area is 101 Å². The van der Waals surface area contributed by atoms with Crippen molar-refractivity contribution in [2.75, 3.05) is 13.7 Å². The van der Waals surface area contributed by atoms with Crippen molar-refractivity contribution in [2.45, 2.75) is 26.4 Å². The third-order valence-corrected chi connectivity index (χ3v) is 2.65. The number of aliphatic hydroxyl groups is 1. The summed E-state index contributed by atoms with van der Waals surface area (Å²) in [5.41, 5.74) is 2.02. The van der Waals surface area contributed by atoms with Gasteiger partial charge >= 0.3 is 0 Å². The lowest BCUT2D eigenvalue weighted by atomic mass is 10.1. The highest BCUT2D eigenvalue weighted by Crippen LogP contribution is 2.27. The Kier molecular flexibility index (Phi) is 5.06. The number of halogens is 1. The van der Waals surface area contributed by atoms with E-state index in [0.717, 1.165) is 16.9 Å². The maximum Gasteiger partial charge on any atom is 0.126 e. The third kappa shape index (κ3) is 3.37. The number of hydrogen-bond donors (Lipinski definition) is 2. The van der Waals surface area contributed by atoms with Gasteiger partial charge in [0.2, 0.25) is 0 Å². The topological polar surface area (TPSA) is 41.5 Å². The molecule has 3 nitrogen and oxygen atoms in total. The standard InChI is InChI=1S/C12H18ClNO2/c1-8-4-11(13)5-10(12(8)16-3)6-14-9(2)7-15/h4-5,9,14-15H,6-7H2,1-3H3. The van der Waals surface area contributed by atoms with Crippen LogP contribution in [-0.4, -0.2) is 24.9 Å². The lowest BCUT2D eigenvalue weighted by Crippen LogP contribution is -2.28. The Balaban J connectivity index is 2.85. The van der Waals surface area contributed by atoms with Gasteiger partial charge in [0, 0.05) is 23.2 Å². The Morgan fingerprint density at radius 3 is 2.75 bits per heavy atom. The normalized spacial score (nSPS) is 12.6. The molecule has 2 N–H and O–H groups in total. The maximum atomic E-state index is 8.93. The van der Waals surface area contributed by atoms with Gasteiger partial charge in [-0.2, -0.15) is 0 Å². The predicted octanol–water partition coefficient (Wildman–Crippen LogP) is 2.13. The van der Waals surface area contributed by atoms with Crippen molar-refractivity contribution in [1.29, 1.82) is 0 Å². The zero-order valence-electron chi connectivity index (χ0n) is 9.88. The van der Waals surface area contributed by atoms with Crippen LogP contribution >= 0.6 is 11.6 Å². The molecule has 0 amide bonds. The first-order chi connectivity index (χ1) is 7.58. The van der Waals surface area contributed by atoms with E-state index in [-0.39, 0.29) is 12.6 Å². The fourth-order valence-electron chi connectivity index (χ4n) is 1.57. The van der Waals surface area contributed by atoms with E-state index in [9.17, 15) is 0 Å². The summed E-state index contributed by atoms with van der Waals surface area (Å²) in [6.45, 7) is 4.63. The zero-order valence-corrected chi connectivity index (χ0v) is 10.6. The van der Waals surface area contributed by atoms with Gasteiger partial charge in [-0.3, -0.25) is 0 Å². The van der Waals surface area contributed by atoms with Gasteiger partial charge in [0.05, 0.1) is 13.7 Å².